The molecule has 112 valence electrons. The molecule has 0 heterocycles. The number of benzene rings is 1. The maximum absolute atomic E-state index is 12.4. The van der Waals surface area contributed by atoms with E-state index in [4.69, 9.17) is 0 Å². The van der Waals surface area contributed by atoms with Gasteiger partial charge in [-0.1, -0.05) is 18.6 Å². The first-order valence-corrected chi connectivity index (χ1v) is 7.69. The molecule has 1 nitrogen and oxygen atoms in total. The highest BCUT2D eigenvalue weighted by Crippen LogP contribution is 2.40. The molecule has 20 heavy (non-hydrogen) atoms. The van der Waals surface area contributed by atoms with Crippen LogP contribution in [0, 0.1) is 0 Å². The summed E-state index contributed by atoms with van der Waals surface area (Å²) in [5.74, 6) is 0.380. The van der Waals surface area contributed by atoms with E-state index in [1.165, 1.54) is 12.5 Å². The van der Waals surface area contributed by atoms with Crippen LogP contribution in [-0.4, -0.2) is 30.5 Å². The molecule has 0 unspecified atom stereocenters. The van der Waals surface area contributed by atoms with Crippen molar-refractivity contribution < 1.29 is 13.2 Å². The molecule has 1 aromatic rings. The van der Waals surface area contributed by atoms with Crippen molar-refractivity contribution >= 4 is 11.8 Å². The Morgan fingerprint density at radius 3 is 2.60 bits per heavy atom. The van der Waals surface area contributed by atoms with Gasteiger partial charge >= 0.3 is 5.51 Å². The van der Waals surface area contributed by atoms with Crippen LogP contribution in [0.1, 0.15) is 37.2 Å². The molecule has 0 saturated heterocycles. The summed E-state index contributed by atoms with van der Waals surface area (Å²) in [5.41, 5.74) is -3.16. The molecule has 1 aliphatic rings. The third-order valence-corrected chi connectivity index (χ3v) is 4.66. The summed E-state index contributed by atoms with van der Waals surface area (Å²) in [5, 5.41) is 0. The number of hydrogen-bond acceptors (Lipinski definition) is 2. The van der Waals surface area contributed by atoms with Crippen LogP contribution in [0.3, 0.4) is 0 Å². The van der Waals surface area contributed by atoms with Crippen molar-refractivity contribution in [2.45, 2.75) is 48.0 Å². The van der Waals surface area contributed by atoms with Crippen LogP contribution in [-0.2, 0) is 0 Å². The highest BCUT2D eigenvalue weighted by molar-refractivity contribution is 8.00. The zero-order chi connectivity index (χ0) is 14.8. The molecule has 0 spiro atoms. The Balaban J connectivity index is 2.10. The summed E-state index contributed by atoms with van der Waals surface area (Å²) >= 11 is -0.0244. The number of nitrogens with zero attached hydrogens (tertiary/aromatic N) is 1. The number of hydrogen-bond donors (Lipinski definition) is 0. The minimum atomic E-state index is -4.21. The van der Waals surface area contributed by atoms with Crippen LogP contribution in [0.15, 0.2) is 29.2 Å². The van der Waals surface area contributed by atoms with E-state index in [0.717, 1.165) is 24.8 Å². The van der Waals surface area contributed by atoms with E-state index in [1.54, 1.807) is 12.1 Å². The van der Waals surface area contributed by atoms with E-state index < -0.39 is 5.51 Å². The summed E-state index contributed by atoms with van der Waals surface area (Å²) in [6.45, 7) is 0. The zero-order valence-electron chi connectivity index (χ0n) is 11.8. The highest BCUT2D eigenvalue weighted by Gasteiger charge is 2.30. The van der Waals surface area contributed by atoms with E-state index in [9.17, 15) is 13.2 Å². The van der Waals surface area contributed by atoms with E-state index in [1.807, 2.05) is 6.07 Å². The summed E-state index contributed by atoms with van der Waals surface area (Å²) in [7, 11) is 4.14. The van der Waals surface area contributed by atoms with Crippen LogP contribution < -0.4 is 0 Å². The first kappa shape index (κ1) is 15.7. The summed E-state index contributed by atoms with van der Waals surface area (Å²) in [4.78, 5) is 2.52. The van der Waals surface area contributed by atoms with E-state index >= 15 is 0 Å². The zero-order valence-corrected chi connectivity index (χ0v) is 12.6. The van der Waals surface area contributed by atoms with Crippen molar-refractivity contribution in [1.82, 2.24) is 4.90 Å². The van der Waals surface area contributed by atoms with Gasteiger partial charge in [-0.3, -0.25) is 0 Å². The van der Waals surface area contributed by atoms with E-state index in [-0.39, 0.29) is 11.8 Å². The number of alkyl halides is 3. The van der Waals surface area contributed by atoms with Gasteiger partial charge in [0.15, 0.2) is 0 Å². The van der Waals surface area contributed by atoms with Gasteiger partial charge < -0.3 is 4.90 Å². The van der Waals surface area contributed by atoms with Gasteiger partial charge in [-0.05, 0) is 68.7 Å². The van der Waals surface area contributed by atoms with Crippen LogP contribution in [0.5, 0.6) is 0 Å². The lowest BCUT2D eigenvalue weighted by molar-refractivity contribution is -0.0328. The van der Waals surface area contributed by atoms with Crippen molar-refractivity contribution in [3.63, 3.8) is 0 Å². The van der Waals surface area contributed by atoms with Gasteiger partial charge in [0.1, 0.15) is 0 Å². The van der Waals surface area contributed by atoms with Crippen molar-refractivity contribution in [3.05, 3.63) is 29.8 Å². The van der Waals surface area contributed by atoms with Crippen molar-refractivity contribution in [2.75, 3.05) is 14.1 Å². The third kappa shape index (κ3) is 4.42. The first-order valence-electron chi connectivity index (χ1n) is 6.87. The average Bonchev–Trinajstić information content (AvgIpc) is 2.37. The van der Waals surface area contributed by atoms with Crippen molar-refractivity contribution in [3.8, 4) is 0 Å². The lowest BCUT2D eigenvalue weighted by Crippen LogP contribution is -2.32. The second-order valence-electron chi connectivity index (χ2n) is 5.60. The summed E-state index contributed by atoms with van der Waals surface area (Å²) < 4.78 is 37.3. The molecule has 2 rings (SSSR count). The molecule has 1 aromatic carbocycles. The van der Waals surface area contributed by atoms with Gasteiger partial charge in [0.25, 0.3) is 0 Å². The maximum Gasteiger partial charge on any atom is 0.446 e. The van der Waals surface area contributed by atoms with Gasteiger partial charge in [0, 0.05) is 10.9 Å². The predicted octanol–water partition coefficient (Wildman–Crippen LogP) is 4.89. The van der Waals surface area contributed by atoms with Gasteiger partial charge in [-0.15, -0.1) is 0 Å². The molecule has 1 fully saturated rings. The predicted molar refractivity (Wildman–Crippen MR) is 77.0 cm³/mol. The molecule has 0 radical (unpaired) electrons. The Kier molecular flexibility index (Phi) is 5.02. The van der Waals surface area contributed by atoms with Crippen LogP contribution >= 0.6 is 11.8 Å². The second kappa shape index (κ2) is 6.39. The van der Waals surface area contributed by atoms with Gasteiger partial charge in [-0.25, -0.2) is 0 Å². The second-order valence-corrected chi connectivity index (χ2v) is 6.74. The lowest BCUT2D eigenvalue weighted by atomic mass is 9.81. The SMILES string of the molecule is CN(C)[C@@H]1CCC[C@H](c2cccc(SC(F)(F)F)c2)C1. The Labute approximate surface area is 122 Å². The molecule has 5 heteroatoms. The molecule has 1 saturated carbocycles. The van der Waals surface area contributed by atoms with E-state index in [2.05, 4.69) is 19.0 Å². The van der Waals surface area contributed by atoms with Gasteiger partial charge in [0.05, 0.1) is 0 Å². The van der Waals surface area contributed by atoms with Crippen molar-refractivity contribution in [1.29, 1.82) is 0 Å². The molecule has 0 amide bonds. The molecule has 0 aliphatic heterocycles. The Bertz CT molecular complexity index is 445. The number of rotatable bonds is 3. The van der Waals surface area contributed by atoms with Gasteiger partial charge in [0.2, 0.25) is 0 Å². The number of halogens is 3. The largest absolute Gasteiger partial charge is 0.446 e. The van der Waals surface area contributed by atoms with Crippen LogP contribution in [0.25, 0.3) is 0 Å². The maximum atomic E-state index is 12.4. The summed E-state index contributed by atoms with van der Waals surface area (Å²) in [6, 6.07) is 7.48. The Morgan fingerprint density at radius 1 is 1.20 bits per heavy atom. The first-order chi connectivity index (χ1) is 9.35. The monoisotopic (exact) mass is 303 g/mol. The molecule has 0 N–H and O–H groups in total. The molecule has 1 aliphatic carbocycles. The minimum absolute atomic E-state index is 0.0244. The fourth-order valence-corrected chi connectivity index (χ4v) is 3.51. The third-order valence-electron chi connectivity index (χ3n) is 3.94. The average molecular weight is 303 g/mol. The standard InChI is InChI=1S/C15H20F3NS/c1-19(2)13-7-3-5-11(9-13)12-6-4-8-14(10-12)20-15(16,17)18/h4,6,8,10-11,13H,3,5,7,9H2,1-2H3/t11-,13+/m0/s1. The van der Waals surface area contributed by atoms with Crippen molar-refractivity contribution in [2.24, 2.45) is 0 Å². The van der Waals surface area contributed by atoms with Gasteiger partial charge in [-0.2, -0.15) is 13.2 Å². The molecule has 0 aromatic heterocycles. The highest BCUT2D eigenvalue weighted by atomic mass is 32.2. The molecule has 0 bridgehead atoms. The Morgan fingerprint density at radius 2 is 1.95 bits per heavy atom. The molecule has 2 atom stereocenters. The van der Waals surface area contributed by atoms with E-state index in [0.29, 0.717) is 16.9 Å². The topological polar surface area (TPSA) is 3.24 Å². The molecular formula is C15H20F3NS. The van der Waals surface area contributed by atoms with Crippen LogP contribution in [0.2, 0.25) is 0 Å². The summed E-state index contributed by atoms with van der Waals surface area (Å²) in [6.07, 6.45) is 4.43. The van der Waals surface area contributed by atoms with Crippen LogP contribution in [0.4, 0.5) is 13.2 Å². The fourth-order valence-electron chi connectivity index (χ4n) is 2.90. The quantitative estimate of drug-likeness (QED) is 0.732. The Hall–Kier alpha value is -0.680. The minimum Gasteiger partial charge on any atom is -0.306 e. The fraction of sp³-hybridized carbons (Fsp3) is 0.600. The lowest BCUT2D eigenvalue weighted by Gasteiger charge is -2.33. The number of thioether (sulfide) groups is 1. The smallest absolute Gasteiger partial charge is 0.306 e. The normalized spacial score (nSPS) is 24.1. The molecular weight excluding hydrogens is 283 g/mol.